The number of fused-ring (bicyclic) bond motifs is 1. The highest BCUT2D eigenvalue weighted by Crippen LogP contribution is 2.35. The maximum absolute atomic E-state index is 13.1. The molecule has 2 aliphatic rings. The molecule has 2 aliphatic heterocycles. The maximum Gasteiger partial charge on any atom is 0.227 e. The minimum Gasteiger partial charge on any atom is -0.384 e. The van der Waals surface area contributed by atoms with Gasteiger partial charge in [-0.2, -0.15) is 0 Å². The third-order valence-corrected chi connectivity index (χ3v) is 5.52. The SMILES string of the molecule is CCN(C(=O)CCc1ccc(F)cc1)c1ccc2c(c1)/C(=C/C1=CCC=N1)CCN2. The fraction of sp³-hybridized carbons (Fsp3) is 0.280. The van der Waals surface area contributed by atoms with Crippen molar-refractivity contribution in [3.63, 3.8) is 0 Å². The third kappa shape index (κ3) is 4.51. The zero-order valence-electron chi connectivity index (χ0n) is 17.2. The average Bonchev–Trinajstić information content (AvgIpc) is 3.27. The minimum absolute atomic E-state index is 0.0687. The van der Waals surface area contributed by atoms with E-state index < -0.39 is 0 Å². The van der Waals surface area contributed by atoms with Gasteiger partial charge < -0.3 is 10.2 Å². The van der Waals surface area contributed by atoms with Crippen LogP contribution in [0.1, 0.15) is 37.3 Å². The number of halogens is 1. The van der Waals surface area contributed by atoms with Gasteiger partial charge in [-0.1, -0.05) is 18.2 Å². The van der Waals surface area contributed by atoms with Crippen molar-refractivity contribution in [2.45, 2.75) is 32.6 Å². The summed E-state index contributed by atoms with van der Waals surface area (Å²) in [5.74, 6) is -0.190. The Morgan fingerprint density at radius 1 is 1.23 bits per heavy atom. The van der Waals surface area contributed by atoms with E-state index in [2.05, 4.69) is 34.6 Å². The number of allylic oxidation sites excluding steroid dienone is 2. The van der Waals surface area contributed by atoms with E-state index in [-0.39, 0.29) is 11.7 Å². The number of aliphatic imine (C=N–C) groups is 1. The van der Waals surface area contributed by atoms with E-state index in [1.54, 1.807) is 12.1 Å². The molecule has 1 amide bonds. The van der Waals surface area contributed by atoms with Crippen LogP contribution in [0.4, 0.5) is 15.8 Å². The lowest BCUT2D eigenvalue weighted by atomic mass is 9.95. The molecular weight excluding hydrogens is 377 g/mol. The Labute approximate surface area is 176 Å². The van der Waals surface area contributed by atoms with Crippen molar-refractivity contribution in [3.8, 4) is 0 Å². The molecule has 0 spiro atoms. The summed E-state index contributed by atoms with van der Waals surface area (Å²) >= 11 is 0. The molecule has 30 heavy (non-hydrogen) atoms. The molecule has 0 saturated carbocycles. The number of nitrogens with one attached hydrogen (secondary N) is 1. The summed E-state index contributed by atoms with van der Waals surface area (Å²) in [6.45, 7) is 3.48. The summed E-state index contributed by atoms with van der Waals surface area (Å²) in [6, 6.07) is 12.5. The molecule has 5 heteroatoms. The van der Waals surface area contributed by atoms with Gasteiger partial charge in [-0.05, 0) is 67.3 Å². The molecule has 2 aromatic carbocycles. The van der Waals surface area contributed by atoms with E-state index in [1.165, 1.54) is 17.7 Å². The van der Waals surface area contributed by atoms with Crippen LogP contribution >= 0.6 is 0 Å². The van der Waals surface area contributed by atoms with E-state index in [0.29, 0.717) is 19.4 Å². The highest BCUT2D eigenvalue weighted by molar-refractivity contribution is 5.95. The second kappa shape index (κ2) is 9.08. The number of carbonyl (C=O) groups excluding carboxylic acids is 1. The molecule has 2 aromatic rings. The molecule has 0 radical (unpaired) electrons. The normalized spacial score (nSPS) is 16.2. The Hall–Kier alpha value is -3.21. The van der Waals surface area contributed by atoms with Crippen LogP contribution < -0.4 is 10.2 Å². The maximum atomic E-state index is 13.1. The molecule has 0 aromatic heterocycles. The van der Waals surface area contributed by atoms with Crippen molar-refractivity contribution in [2.75, 3.05) is 23.3 Å². The average molecular weight is 404 g/mol. The van der Waals surface area contributed by atoms with E-state index >= 15 is 0 Å². The van der Waals surface area contributed by atoms with Gasteiger partial charge in [0.25, 0.3) is 0 Å². The summed E-state index contributed by atoms with van der Waals surface area (Å²) in [4.78, 5) is 19.2. The first-order chi connectivity index (χ1) is 14.6. The second-order valence-corrected chi connectivity index (χ2v) is 7.52. The van der Waals surface area contributed by atoms with Gasteiger partial charge in [0.05, 0.1) is 5.70 Å². The van der Waals surface area contributed by atoms with Gasteiger partial charge in [-0.3, -0.25) is 9.79 Å². The van der Waals surface area contributed by atoms with Crippen LogP contribution in [0.15, 0.2) is 65.3 Å². The van der Waals surface area contributed by atoms with Crippen LogP contribution in [0, 0.1) is 5.82 Å². The number of carbonyl (C=O) groups is 1. The highest BCUT2D eigenvalue weighted by atomic mass is 19.1. The Morgan fingerprint density at radius 3 is 2.80 bits per heavy atom. The second-order valence-electron chi connectivity index (χ2n) is 7.52. The molecule has 2 heterocycles. The van der Waals surface area contributed by atoms with Crippen LogP contribution in [0.5, 0.6) is 0 Å². The van der Waals surface area contributed by atoms with Gasteiger partial charge in [-0.25, -0.2) is 4.39 Å². The van der Waals surface area contributed by atoms with Gasteiger partial charge in [0.1, 0.15) is 5.82 Å². The number of hydrogen-bond acceptors (Lipinski definition) is 3. The first kappa shape index (κ1) is 20.1. The fourth-order valence-corrected chi connectivity index (χ4v) is 3.94. The molecule has 0 saturated heterocycles. The lowest BCUT2D eigenvalue weighted by Crippen LogP contribution is -2.31. The molecule has 0 unspecified atom stereocenters. The predicted molar refractivity (Wildman–Crippen MR) is 121 cm³/mol. The Balaban J connectivity index is 1.54. The predicted octanol–water partition coefficient (Wildman–Crippen LogP) is 5.37. The van der Waals surface area contributed by atoms with Gasteiger partial charge in [0, 0.05) is 49.1 Å². The van der Waals surface area contributed by atoms with Crippen molar-refractivity contribution in [1.82, 2.24) is 0 Å². The molecule has 4 rings (SSSR count). The molecule has 0 atom stereocenters. The van der Waals surface area contributed by atoms with Crippen LogP contribution in [0.2, 0.25) is 0 Å². The van der Waals surface area contributed by atoms with Crippen molar-refractivity contribution in [3.05, 3.63) is 77.3 Å². The Kier molecular flexibility index (Phi) is 6.07. The fourth-order valence-electron chi connectivity index (χ4n) is 3.94. The quantitative estimate of drug-likeness (QED) is 0.705. The van der Waals surface area contributed by atoms with Crippen molar-refractivity contribution >= 4 is 29.1 Å². The molecule has 0 fully saturated rings. The monoisotopic (exact) mass is 403 g/mol. The standard InChI is InChI=1S/C25H26FN3O/c1-2-29(25(30)12-7-18-5-8-20(26)9-6-18)22-10-11-24-23(17-22)19(13-15-28-24)16-21-4-3-14-27-21/h4-6,8-11,14,16-17,28H,2-3,7,12-13,15H2,1H3/b19-16+. The smallest absolute Gasteiger partial charge is 0.227 e. The van der Waals surface area contributed by atoms with E-state index in [9.17, 15) is 9.18 Å². The molecular formula is C25H26FN3O. The number of benzene rings is 2. The molecule has 0 bridgehead atoms. The Morgan fingerprint density at radius 2 is 2.07 bits per heavy atom. The van der Waals surface area contributed by atoms with Crippen LogP contribution in [-0.2, 0) is 11.2 Å². The summed E-state index contributed by atoms with van der Waals surface area (Å²) in [7, 11) is 0. The van der Waals surface area contributed by atoms with E-state index in [0.717, 1.165) is 47.6 Å². The van der Waals surface area contributed by atoms with Gasteiger partial charge >= 0.3 is 0 Å². The van der Waals surface area contributed by atoms with Gasteiger partial charge in [0.15, 0.2) is 0 Å². The summed E-state index contributed by atoms with van der Waals surface area (Å²) in [6.07, 6.45) is 8.99. The Bertz CT molecular complexity index is 1020. The zero-order chi connectivity index (χ0) is 20.9. The van der Waals surface area contributed by atoms with E-state index in [1.807, 2.05) is 24.1 Å². The van der Waals surface area contributed by atoms with Crippen LogP contribution in [-0.4, -0.2) is 25.2 Å². The number of hydrogen-bond donors (Lipinski definition) is 1. The van der Waals surface area contributed by atoms with Crippen LogP contribution in [0.3, 0.4) is 0 Å². The zero-order valence-corrected chi connectivity index (χ0v) is 17.2. The number of nitrogens with zero attached hydrogens (tertiary/aromatic N) is 2. The van der Waals surface area contributed by atoms with Gasteiger partial charge in [0.2, 0.25) is 5.91 Å². The molecule has 4 nitrogen and oxygen atoms in total. The lowest BCUT2D eigenvalue weighted by molar-refractivity contribution is -0.118. The molecule has 0 aliphatic carbocycles. The highest BCUT2D eigenvalue weighted by Gasteiger charge is 2.19. The summed E-state index contributed by atoms with van der Waals surface area (Å²) < 4.78 is 13.1. The number of amides is 1. The van der Waals surface area contributed by atoms with Crippen LogP contribution in [0.25, 0.3) is 5.57 Å². The van der Waals surface area contributed by atoms with Crippen molar-refractivity contribution in [2.24, 2.45) is 4.99 Å². The topological polar surface area (TPSA) is 44.7 Å². The number of aryl methyl sites for hydroxylation is 1. The first-order valence-electron chi connectivity index (χ1n) is 10.5. The summed E-state index contributed by atoms with van der Waals surface area (Å²) in [5, 5.41) is 3.45. The largest absolute Gasteiger partial charge is 0.384 e. The van der Waals surface area contributed by atoms with E-state index in [4.69, 9.17) is 0 Å². The third-order valence-electron chi connectivity index (χ3n) is 5.52. The van der Waals surface area contributed by atoms with Crippen molar-refractivity contribution < 1.29 is 9.18 Å². The summed E-state index contributed by atoms with van der Waals surface area (Å²) in [5.41, 5.74) is 6.33. The number of rotatable bonds is 6. The first-order valence-corrected chi connectivity index (χ1v) is 10.5. The minimum atomic E-state index is -0.258. The number of anilines is 2. The van der Waals surface area contributed by atoms with Gasteiger partial charge in [-0.15, -0.1) is 0 Å². The molecule has 154 valence electrons. The molecule has 1 N–H and O–H groups in total. The van der Waals surface area contributed by atoms with Crippen molar-refractivity contribution in [1.29, 1.82) is 0 Å². The lowest BCUT2D eigenvalue weighted by Gasteiger charge is -2.26.